The van der Waals surface area contributed by atoms with E-state index in [9.17, 15) is 9.59 Å². The molecule has 0 aromatic heterocycles. The zero-order valence-electron chi connectivity index (χ0n) is 17.2. The van der Waals surface area contributed by atoms with Crippen LogP contribution in [-0.4, -0.2) is 74.4 Å². The SMILES string of the molecule is CC(C)CCCCCOC(=O)CS.CC(C)CCCCCOC(=O)CS.[CaH2]. The van der Waals surface area contributed by atoms with E-state index in [4.69, 9.17) is 9.47 Å². The summed E-state index contributed by atoms with van der Waals surface area (Å²) in [7, 11) is 0. The van der Waals surface area contributed by atoms with E-state index in [1.807, 2.05) is 0 Å². The van der Waals surface area contributed by atoms with Gasteiger partial charge >= 0.3 is 49.7 Å². The minimum atomic E-state index is -0.216. The van der Waals surface area contributed by atoms with Crippen LogP contribution in [0.3, 0.4) is 0 Å². The van der Waals surface area contributed by atoms with Gasteiger partial charge in [0.2, 0.25) is 0 Å². The van der Waals surface area contributed by atoms with Crippen LogP contribution < -0.4 is 0 Å². The van der Waals surface area contributed by atoms with E-state index in [0.29, 0.717) is 13.2 Å². The first kappa shape index (κ1) is 32.6. The van der Waals surface area contributed by atoms with Crippen LogP contribution in [0, 0.1) is 11.8 Å². The molecule has 0 heterocycles. The molecule has 0 bridgehead atoms. The van der Waals surface area contributed by atoms with Crippen LogP contribution in [-0.2, 0) is 19.1 Å². The van der Waals surface area contributed by atoms with Crippen LogP contribution in [0.25, 0.3) is 0 Å². The molecule has 0 saturated carbocycles. The summed E-state index contributed by atoms with van der Waals surface area (Å²) in [6.45, 7) is 10.00. The van der Waals surface area contributed by atoms with Crippen molar-refractivity contribution in [3.05, 3.63) is 0 Å². The maximum absolute atomic E-state index is 10.7. The Balaban J connectivity index is -0.000000411. The molecule has 7 heteroatoms. The summed E-state index contributed by atoms with van der Waals surface area (Å²) in [6.07, 6.45) is 9.25. The molecule has 0 amide bonds. The van der Waals surface area contributed by atoms with Gasteiger partial charge in [0.1, 0.15) is 0 Å². The minimum absolute atomic E-state index is 0. The van der Waals surface area contributed by atoms with Crippen molar-refractivity contribution < 1.29 is 19.1 Å². The molecule has 0 aromatic rings. The molecule has 27 heavy (non-hydrogen) atoms. The average molecular weight is 451 g/mol. The van der Waals surface area contributed by atoms with Crippen molar-refractivity contribution in [3.63, 3.8) is 0 Å². The van der Waals surface area contributed by atoms with E-state index in [1.54, 1.807) is 0 Å². The first-order valence-electron chi connectivity index (χ1n) is 9.86. The van der Waals surface area contributed by atoms with E-state index in [-0.39, 0.29) is 61.2 Å². The Morgan fingerprint density at radius 3 is 1.26 bits per heavy atom. The quantitative estimate of drug-likeness (QED) is 0.178. The van der Waals surface area contributed by atoms with Gasteiger partial charge in [-0.1, -0.05) is 66.2 Å². The van der Waals surface area contributed by atoms with E-state index in [1.165, 1.54) is 25.7 Å². The third-order valence-electron chi connectivity index (χ3n) is 3.64. The molecule has 0 atom stereocenters. The number of thiol groups is 2. The molecule has 0 aromatic carbocycles. The fourth-order valence-corrected chi connectivity index (χ4v) is 2.31. The first-order chi connectivity index (χ1) is 12.3. The van der Waals surface area contributed by atoms with E-state index in [0.717, 1.165) is 37.5 Å². The summed E-state index contributed by atoms with van der Waals surface area (Å²) in [4.78, 5) is 21.3. The number of ether oxygens (including phenoxy) is 2. The first-order valence-corrected chi connectivity index (χ1v) is 11.1. The monoisotopic (exact) mass is 450 g/mol. The summed E-state index contributed by atoms with van der Waals surface area (Å²) in [6, 6.07) is 0. The van der Waals surface area contributed by atoms with Crippen LogP contribution in [0.1, 0.15) is 79.1 Å². The van der Waals surface area contributed by atoms with Gasteiger partial charge in [-0.2, -0.15) is 25.3 Å². The van der Waals surface area contributed by atoms with Gasteiger partial charge < -0.3 is 9.47 Å². The van der Waals surface area contributed by atoms with Crippen molar-refractivity contribution in [1.82, 2.24) is 0 Å². The molecule has 0 saturated heterocycles. The van der Waals surface area contributed by atoms with Gasteiger partial charge in [-0.3, -0.25) is 9.59 Å². The van der Waals surface area contributed by atoms with E-state index < -0.39 is 0 Å². The zero-order chi connectivity index (χ0) is 20.2. The van der Waals surface area contributed by atoms with Gasteiger partial charge in [-0.25, -0.2) is 0 Å². The maximum atomic E-state index is 10.7. The van der Waals surface area contributed by atoms with Gasteiger partial charge in [0.15, 0.2) is 0 Å². The van der Waals surface area contributed by atoms with Crippen molar-refractivity contribution in [2.45, 2.75) is 79.1 Å². The van der Waals surface area contributed by atoms with Crippen LogP contribution >= 0.6 is 25.3 Å². The number of rotatable bonds is 14. The van der Waals surface area contributed by atoms with Crippen molar-refractivity contribution in [3.8, 4) is 0 Å². The van der Waals surface area contributed by atoms with Crippen LogP contribution in [0.15, 0.2) is 0 Å². The fourth-order valence-electron chi connectivity index (χ4n) is 2.13. The van der Waals surface area contributed by atoms with Gasteiger partial charge in [0.25, 0.3) is 0 Å². The number of unbranched alkanes of at least 4 members (excludes halogenated alkanes) is 4. The second-order valence-corrected chi connectivity index (χ2v) is 7.88. The molecular weight excluding hydrogens is 408 g/mol. The van der Waals surface area contributed by atoms with Crippen molar-refractivity contribution >= 4 is 74.9 Å². The number of hydrogen-bond acceptors (Lipinski definition) is 6. The Hall–Kier alpha value is 0.900. The molecule has 4 nitrogen and oxygen atoms in total. The zero-order valence-corrected chi connectivity index (χ0v) is 19.0. The Kier molecular flexibility index (Phi) is 30.1. The number of esters is 2. The number of hydrogen-bond donors (Lipinski definition) is 2. The van der Waals surface area contributed by atoms with Gasteiger partial charge in [0, 0.05) is 0 Å². The Bertz CT molecular complexity index is 308. The Morgan fingerprint density at radius 1 is 0.667 bits per heavy atom. The fraction of sp³-hybridized carbons (Fsp3) is 0.900. The van der Waals surface area contributed by atoms with E-state index >= 15 is 0 Å². The molecule has 0 unspecified atom stereocenters. The Labute approximate surface area is 208 Å². The van der Waals surface area contributed by atoms with Gasteiger partial charge in [-0.05, 0) is 24.7 Å². The number of carbonyl (C=O) groups excluding carboxylic acids is 2. The Morgan fingerprint density at radius 2 is 1.00 bits per heavy atom. The molecule has 0 aliphatic heterocycles. The summed E-state index contributed by atoms with van der Waals surface area (Å²) in [5, 5.41) is 0. The van der Waals surface area contributed by atoms with Crippen LogP contribution in [0.5, 0.6) is 0 Å². The van der Waals surface area contributed by atoms with E-state index in [2.05, 4.69) is 53.0 Å². The van der Waals surface area contributed by atoms with Crippen molar-refractivity contribution in [1.29, 1.82) is 0 Å². The molecular formula is C20H42CaO4S2. The van der Waals surface area contributed by atoms with Crippen molar-refractivity contribution in [2.75, 3.05) is 24.7 Å². The summed E-state index contributed by atoms with van der Waals surface area (Å²) in [5.74, 6) is 1.50. The molecule has 0 rings (SSSR count). The van der Waals surface area contributed by atoms with Crippen LogP contribution in [0.4, 0.5) is 0 Å². The summed E-state index contributed by atoms with van der Waals surface area (Å²) in [5.41, 5.74) is 0. The molecule has 0 N–H and O–H groups in total. The normalized spacial score (nSPS) is 10.1. The van der Waals surface area contributed by atoms with Crippen molar-refractivity contribution in [2.24, 2.45) is 11.8 Å². The standard InChI is InChI=1S/2C10H20O2S.Ca.2H/c2*1-9(2)6-4-3-5-7-12-10(11)8-13;;;/h2*9,13H,3-8H2,1-2H3;;;. The second kappa shape index (κ2) is 24.9. The molecule has 0 radical (unpaired) electrons. The topological polar surface area (TPSA) is 52.6 Å². The van der Waals surface area contributed by atoms with Crippen LogP contribution in [0.2, 0.25) is 0 Å². The molecule has 160 valence electrons. The second-order valence-electron chi connectivity index (χ2n) is 7.24. The molecule has 0 aliphatic rings. The third kappa shape index (κ3) is 31.8. The third-order valence-corrected chi connectivity index (χ3v) is 4.15. The van der Waals surface area contributed by atoms with Gasteiger partial charge in [-0.15, -0.1) is 0 Å². The predicted octanol–water partition coefficient (Wildman–Crippen LogP) is 4.44. The molecule has 0 fully saturated rings. The predicted molar refractivity (Wildman–Crippen MR) is 125 cm³/mol. The van der Waals surface area contributed by atoms with Gasteiger partial charge in [0.05, 0.1) is 24.7 Å². The average Bonchev–Trinajstić information content (AvgIpc) is 2.60. The summed E-state index contributed by atoms with van der Waals surface area (Å²) >= 11 is 7.62. The number of carbonyl (C=O) groups is 2. The summed E-state index contributed by atoms with van der Waals surface area (Å²) < 4.78 is 9.77. The molecule has 0 spiro atoms. The molecule has 0 aliphatic carbocycles.